The summed E-state index contributed by atoms with van der Waals surface area (Å²) in [6.07, 6.45) is 0.660. The van der Waals surface area contributed by atoms with Gasteiger partial charge in [-0.2, -0.15) is 0 Å². The quantitative estimate of drug-likeness (QED) is 0.836. The fourth-order valence-corrected chi connectivity index (χ4v) is 1.47. The van der Waals surface area contributed by atoms with Crippen LogP contribution < -0.4 is 9.47 Å². The van der Waals surface area contributed by atoms with Crippen LogP contribution in [0.2, 0.25) is 0 Å². The molecule has 0 amide bonds. The summed E-state index contributed by atoms with van der Waals surface area (Å²) in [7, 11) is 1.41. The van der Waals surface area contributed by atoms with E-state index in [9.17, 15) is 9.59 Å². The van der Waals surface area contributed by atoms with E-state index in [1.807, 2.05) is 0 Å². The topological polar surface area (TPSA) is 72.8 Å². The van der Waals surface area contributed by atoms with E-state index in [-0.39, 0.29) is 5.75 Å². The molecule has 0 fully saturated rings. The number of benzene rings is 1. The highest BCUT2D eigenvalue weighted by molar-refractivity contribution is 9.10. The monoisotopic (exact) mass is 288 g/mol. The van der Waals surface area contributed by atoms with Crippen molar-refractivity contribution >= 4 is 28.2 Å². The van der Waals surface area contributed by atoms with Crippen molar-refractivity contribution in [3.8, 4) is 11.5 Å². The van der Waals surface area contributed by atoms with Crippen LogP contribution in [-0.4, -0.2) is 31.1 Å². The van der Waals surface area contributed by atoms with Gasteiger partial charge in [-0.25, -0.2) is 4.79 Å². The highest BCUT2D eigenvalue weighted by Crippen LogP contribution is 2.32. The molecular formula is C10H9BrO5. The van der Waals surface area contributed by atoms with Gasteiger partial charge in [0, 0.05) is 10.0 Å². The van der Waals surface area contributed by atoms with Crippen molar-refractivity contribution in [1.82, 2.24) is 0 Å². The van der Waals surface area contributed by atoms with Crippen molar-refractivity contribution in [2.75, 3.05) is 13.7 Å². The number of carbonyl (C=O) groups excluding carboxylic acids is 1. The van der Waals surface area contributed by atoms with Crippen molar-refractivity contribution in [3.05, 3.63) is 22.2 Å². The van der Waals surface area contributed by atoms with E-state index >= 15 is 0 Å². The maximum Gasteiger partial charge on any atom is 0.341 e. The zero-order chi connectivity index (χ0) is 12.1. The van der Waals surface area contributed by atoms with Gasteiger partial charge in [-0.1, -0.05) is 0 Å². The van der Waals surface area contributed by atoms with E-state index < -0.39 is 12.6 Å². The summed E-state index contributed by atoms with van der Waals surface area (Å²) in [6.45, 7) is -0.469. The van der Waals surface area contributed by atoms with E-state index in [0.717, 1.165) is 0 Å². The normalized spacial score (nSPS) is 9.62. The Morgan fingerprint density at radius 3 is 2.69 bits per heavy atom. The second-order valence-electron chi connectivity index (χ2n) is 2.82. The van der Waals surface area contributed by atoms with Gasteiger partial charge in [0.2, 0.25) is 0 Å². The lowest BCUT2D eigenvalue weighted by Crippen LogP contribution is -2.10. The third kappa shape index (κ3) is 2.96. The maximum absolute atomic E-state index is 10.7. The average molecular weight is 289 g/mol. The molecule has 1 aromatic carbocycles. The predicted octanol–water partition coefficient (Wildman–Crippen LogP) is 1.73. The van der Waals surface area contributed by atoms with Crippen LogP contribution in [0.3, 0.4) is 0 Å². The van der Waals surface area contributed by atoms with Crippen molar-refractivity contribution in [2.24, 2.45) is 0 Å². The highest BCUT2D eigenvalue weighted by atomic mass is 79.9. The number of aliphatic carboxylic acids is 1. The molecule has 0 aliphatic carbocycles. The average Bonchev–Trinajstić information content (AvgIpc) is 2.26. The third-order valence-electron chi connectivity index (χ3n) is 1.76. The number of carboxylic acid groups (broad SMARTS) is 1. The summed E-state index contributed by atoms with van der Waals surface area (Å²) < 4.78 is 10.5. The van der Waals surface area contributed by atoms with Crippen LogP contribution in [0.5, 0.6) is 11.5 Å². The van der Waals surface area contributed by atoms with Gasteiger partial charge >= 0.3 is 5.97 Å². The van der Waals surface area contributed by atoms with Gasteiger partial charge in [0.15, 0.2) is 24.4 Å². The first kappa shape index (κ1) is 12.5. The molecule has 0 aromatic heterocycles. The SMILES string of the molecule is COc1cc(C=O)c(Br)cc1OCC(=O)O. The van der Waals surface area contributed by atoms with Gasteiger partial charge < -0.3 is 14.6 Å². The lowest BCUT2D eigenvalue weighted by Gasteiger charge is -2.10. The van der Waals surface area contributed by atoms with Gasteiger partial charge in [0.1, 0.15) is 0 Å². The van der Waals surface area contributed by atoms with E-state index in [0.29, 0.717) is 22.1 Å². The molecule has 0 aliphatic heterocycles. The Labute approximate surface area is 100 Å². The van der Waals surface area contributed by atoms with Gasteiger partial charge in [-0.05, 0) is 28.1 Å². The van der Waals surface area contributed by atoms with Gasteiger partial charge in [-0.15, -0.1) is 0 Å². The van der Waals surface area contributed by atoms with E-state index in [4.69, 9.17) is 14.6 Å². The first-order valence-electron chi connectivity index (χ1n) is 4.25. The second-order valence-corrected chi connectivity index (χ2v) is 3.68. The van der Waals surface area contributed by atoms with Crippen LogP contribution >= 0.6 is 15.9 Å². The Kier molecular flexibility index (Phi) is 4.30. The van der Waals surface area contributed by atoms with Crippen LogP contribution in [0.25, 0.3) is 0 Å². The molecule has 1 rings (SSSR count). The summed E-state index contributed by atoms with van der Waals surface area (Å²) in [5, 5.41) is 8.47. The summed E-state index contributed by atoms with van der Waals surface area (Å²) in [4.78, 5) is 21.0. The number of hydrogen-bond donors (Lipinski definition) is 1. The molecule has 0 spiro atoms. The smallest absolute Gasteiger partial charge is 0.341 e. The van der Waals surface area contributed by atoms with E-state index in [2.05, 4.69) is 15.9 Å². The second kappa shape index (κ2) is 5.50. The van der Waals surface area contributed by atoms with Crippen LogP contribution in [0, 0.1) is 0 Å². The predicted molar refractivity (Wildman–Crippen MR) is 59.2 cm³/mol. The molecule has 0 saturated heterocycles. The summed E-state index contributed by atoms with van der Waals surface area (Å²) in [5.41, 5.74) is 0.402. The molecule has 0 aliphatic rings. The highest BCUT2D eigenvalue weighted by Gasteiger charge is 2.11. The Bertz CT molecular complexity index is 416. The number of halogens is 1. The van der Waals surface area contributed by atoms with Gasteiger partial charge in [0.05, 0.1) is 7.11 Å². The Morgan fingerprint density at radius 2 is 2.19 bits per heavy atom. The molecular weight excluding hydrogens is 280 g/mol. The fraction of sp³-hybridized carbons (Fsp3) is 0.200. The van der Waals surface area contributed by atoms with Crippen LogP contribution in [-0.2, 0) is 4.79 Å². The minimum atomic E-state index is -1.09. The Morgan fingerprint density at radius 1 is 1.50 bits per heavy atom. The summed E-state index contributed by atoms with van der Waals surface area (Å²) in [5.74, 6) is -0.508. The fourth-order valence-electron chi connectivity index (χ4n) is 1.05. The van der Waals surface area contributed by atoms with E-state index in [1.165, 1.54) is 19.2 Å². The summed E-state index contributed by atoms with van der Waals surface area (Å²) >= 11 is 3.16. The molecule has 1 aromatic rings. The first-order valence-corrected chi connectivity index (χ1v) is 5.05. The largest absolute Gasteiger partial charge is 0.493 e. The number of hydrogen-bond acceptors (Lipinski definition) is 4. The van der Waals surface area contributed by atoms with Crippen LogP contribution in [0.15, 0.2) is 16.6 Å². The number of methoxy groups -OCH3 is 1. The Hall–Kier alpha value is -1.56. The molecule has 0 unspecified atom stereocenters. The molecule has 0 radical (unpaired) electrons. The lowest BCUT2D eigenvalue weighted by molar-refractivity contribution is -0.139. The number of carbonyl (C=O) groups is 2. The van der Waals surface area contributed by atoms with Crippen molar-refractivity contribution in [3.63, 3.8) is 0 Å². The minimum absolute atomic E-state index is 0.266. The number of rotatable bonds is 5. The molecule has 0 atom stereocenters. The zero-order valence-electron chi connectivity index (χ0n) is 8.40. The molecule has 16 heavy (non-hydrogen) atoms. The van der Waals surface area contributed by atoms with Gasteiger partial charge in [0.25, 0.3) is 0 Å². The summed E-state index contributed by atoms with van der Waals surface area (Å²) in [6, 6.07) is 2.96. The molecule has 86 valence electrons. The Balaban J connectivity index is 3.03. The van der Waals surface area contributed by atoms with E-state index in [1.54, 1.807) is 0 Å². The van der Waals surface area contributed by atoms with Crippen LogP contribution in [0.4, 0.5) is 0 Å². The van der Waals surface area contributed by atoms with Gasteiger partial charge in [-0.3, -0.25) is 4.79 Å². The van der Waals surface area contributed by atoms with Crippen molar-refractivity contribution in [2.45, 2.75) is 0 Å². The zero-order valence-corrected chi connectivity index (χ0v) is 9.98. The standard InChI is InChI=1S/C10H9BrO5/c1-15-8-2-6(4-12)7(11)3-9(8)16-5-10(13)14/h2-4H,5H2,1H3,(H,13,14). The molecule has 6 heteroatoms. The maximum atomic E-state index is 10.7. The van der Waals surface area contributed by atoms with Crippen LogP contribution in [0.1, 0.15) is 10.4 Å². The van der Waals surface area contributed by atoms with Crippen molar-refractivity contribution in [1.29, 1.82) is 0 Å². The lowest BCUT2D eigenvalue weighted by atomic mass is 10.2. The first-order chi connectivity index (χ1) is 7.58. The minimum Gasteiger partial charge on any atom is -0.493 e. The molecule has 0 saturated carbocycles. The number of carboxylic acids is 1. The van der Waals surface area contributed by atoms with Crippen molar-refractivity contribution < 1.29 is 24.2 Å². The molecule has 0 bridgehead atoms. The molecule has 5 nitrogen and oxygen atoms in total. The number of ether oxygens (including phenoxy) is 2. The number of aldehydes is 1. The molecule has 0 heterocycles. The third-order valence-corrected chi connectivity index (χ3v) is 2.45. The molecule has 1 N–H and O–H groups in total.